The molecule has 29 heavy (non-hydrogen) atoms. The molecule has 3 aromatic rings. The van der Waals surface area contributed by atoms with Gasteiger partial charge in [0.1, 0.15) is 11.6 Å². The Balaban J connectivity index is 1.68. The zero-order valence-electron chi connectivity index (χ0n) is 16.6. The second kappa shape index (κ2) is 8.03. The summed E-state index contributed by atoms with van der Waals surface area (Å²) in [4.78, 5) is 19.9. The van der Waals surface area contributed by atoms with Crippen LogP contribution in [0.3, 0.4) is 0 Å². The number of aromatic nitrogens is 1. The van der Waals surface area contributed by atoms with Crippen LogP contribution in [0.25, 0.3) is 11.1 Å². The molecule has 0 unspecified atom stereocenters. The van der Waals surface area contributed by atoms with Crippen molar-refractivity contribution in [2.75, 3.05) is 13.7 Å². The maximum atomic E-state index is 13.3. The van der Waals surface area contributed by atoms with Gasteiger partial charge in [-0.2, -0.15) is 0 Å². The van der Waals surface area contributed by atoms with Gasteiger partial charge in [0.2, 0.25) is 0 Å². The van der Waals surface area contributed by atoms with Crippen LogP contribution in [0, 0.1) is 12.7 Å². The number of amides is 1. The first-order valence-corrected chi connectivity index (χ1v) is 9.75. The van der Waals surface area contributed by atoms with Crippen LogP contribution in [0.15, 0.2) is 60.7 Å². The quantitative estimate of drug-likeness (QED) is 0.616. The fourth-order valence-electron chi connectivity index (χ4n) is 3.97. The molecule has 1 aromatic heterocycles. The predicted molar refractivity (Wildman–Crippen MR) is 110 cm³/mol. The number of halogens is 1. The van der Waals surface area contributed by atoms with Crippen LogP contribution < -0.4 is 4.74 Å². The van der Waals surface area contributed by atoms with Gasteiger partial charge in [0.25, 0.3) is 5.91 Å². The van der Waals surface area contributed by atoms with E-state index in [4.69, 9.17) is 9.72 Å². The van der Waals surface area contributed by atoms with Crippen molar-refractivity contribution in [2.24, 2.45) is 0 Å². The van der Waals surface area contributed by atoms with Gasteiger partial charge in [-0.3, -0.25) is 9.78 Å². The summed E-state index contributed by atoms with van der Waals surface area (Å²) >= 11 is 0. The van der Waals surface area contributed by atoms with E-state index in [1.54, 1.807) is 31.4 Å². The van der Waals surface area contributed by atoms with E-state index in [2.05, 4.69) is 0 Å². The summed E-state index contributed by atoms with van der Waals surface area (Å²) in [6.45, 7) is 2.63. The molecule has 1 amide bonds. The summed E-state index contributed by atoms with van der Waals surface area (Å²) in [5.41, 5.74) is 4.21. The number of benzene rings is 2. The number of nitrogens with zero attached hydrogens (tertiary/aromatic N) is 2. The van der Waals surface area contributed by atoms with Gasteiger partial charge in [-0.05, 0) is 67.3 Å². The summed E-state index contributed by atoms with van der Waals surface area (Å²) < 4.78 is 18.7. The number of methoxy groups -OCH3 is 1. The third-order valence-corrected chi connectivity index (χ3v) is 5.34. The van der Waals surface area contributed by atoms with Crippen LogP contribution >= 0.6 is 0 Å². The van der Waals surface area contributed by atoms with Crippen molar-refractivity contribution < 1.29 is 13.9 Å². The molecule has 5 heteroatoms. The van der Waals surface area contributed by atoms with Gasteiger partial charge in [-0.15, -0.1) is 0 Å². The van der Waals surface area contributed by atoms with Crippen molar-refractivity contribution in [3.63, 3.8) is 0 Å². The standard InChI is InChI=1S/C24H23FN2O2/c1-16-14-18(17-9-11-19(25)12-10-17)15-21(26-16)22-7-5-13-27(22)24(28)20-6-3-4-8-23(20)29-2/h3-4,6,8-12,14-15,22H,5,7,13H2,1-2H3/t22-/m0/s1. The van der Waals surface area contributed by atoms with Gasteiger partial charge in [0.15, 0.2) is 0 Å². The maximum Gasteiger partial charge on any atom is 0.258 e. The van der Waals surface area contributed by atoms with E-state index >= 15 is 0 Å². The van der Waals surface area contributed by atoms with Crippen LogP contribution in [0.2, 0.25) is 0 Å². The van der Waals surface area contributed by atoms with E-state index in [0.29, 0.717) is 17.9 Å². The number of hydrogen-bond acceptors (Lipinski definition) is 3. The first-order valence-electron chi connectivity index (χ1n) is 9.75. The van der Waals surface area contributed by atoms with Gasteiger partial charge in [0.05, 0.1) is 24.4 Å². The lowest BCUT2D eigenvalue weighted by atomic mass is 10.0. The highest BCUT2D eigenvalue weighted by Crippen LogP contribution is 2.35. The maximum absolute atomic E-state index is 13.3. The molecule has 1 aliphatic rings. The zero-order valence-corrected chi connectivity index (χ0v) is 16.6. The van der Waals surface area contributed by atoms with Gasteiger partial charge >= 0.3 is 0 Å². The normalized spacial score (nSPS) is 16.1. The number of ether oxygens (including phenoxy) is 1. The van der Waals surface area contributed by atoms with Crippen LogP contribution in [0.1, 0.15) is 40.6 Å². The Labute approximate surface area is 170 Å². The molecule has 2 heterocycles. The van der Waals surface area contributed by atoms with Crippen LogP contribution in [-0.2, 0) is 0 Å². The average Bonchev–Trinajstić information content (AvgIpc) is 3.23. The first-order chi connectivity index (χ1) is 14.1. The van der Waals surface area contributed by atoms with Crippen molar-refractivity contribution >= 4 is 5.91 Å². The zero-order chi connectivity index (χ0) is 20.4. The summed E-state index contributed by atoms with van der Waals surface area (Å²) in [7, 11) is 1.57. The van der Waals surface area contributed by atoms with Crippen molar-refractivity contribution in [2.45, 2.75) is 25.8 Å². The number of hydrogen-bond donors (Lipinski definition) is 0. The highest BCUT2D eigenvalue weighted by molar-refractivity contribution is 5.97. The van der Waals surface area contributed by atoms with Crippen molar-refractivity contribution in [1.82, 2.24) is 9.88 Å². The van der Waals surface area contributed by atoms with Crippen molar-refractivity contribution in [3.8, 4) is 16.9 Å². The average molecular weight is 390 g/mol. The highest BCUT2D eigenvalue weighted by atomic mass is 19.1. The Morgan fingerprint density at radius 1 is 1.10 bits per heavy atom. The Kier molecular flexibility index (Phi) is 5.30. The van der Waals surface area contributed by atoms with Crippen molar-refractivity contribution in [1.29, 1.82) is 0 Å². The third-order valence-electron chi connectivity index (χ3n) is 5.34. The molecule has 0 N–H and O–H groups in total. The number of aryl methyl sites for hydroxylation is 1. The molecule has 4 nitrogen and oxygen atoms in total. The number of para-hydroxylation sites is 1. The molecule has 0 radical (unpaired) electrons. The van der Waals surface area contributed by atoms with Crippen LogP contribution in [0.5, 0.6) is 5.75 Å². The molecule has 148 valence electrons. The van der Waals surface area contributed by atoms with Crippen LogP contribution in [-0.4, -0.2) is 29.4 Å². The molecular formula is C24H23FN2O2. The number of carbonyl (C=O) groups excluding carboxylic acids is 1. The Hall–Kier alpha value is -3.21. The molecule has 1 aliphatic heterocycles. The number of likely N-dealkylation sites (tertiary alicyclic amines) is 1. The summed E-state index contributed by atoms with van der Waals surface area (Å²) in [6, 6.07) is 17.6. The monoisotopic (exact) mass is 390 g/mol. The molecule has 0 saturated carbocycles. The minimum Gasteiger partial charge on any atom is -0.496 e. The SMILES string of the molecule is COc1ccccc1C(=O)N1CCC[C@H]1c1cc(-c2ccc(F)cc2)cc(C)n1. The molecule has 0 bridgehead atoms. The number of rotatable bonds is 4. The number of carbonyl (C=O) groups is 1. The van der Waals surface area contributed by atoms with E-state index in [9.17, 15) is 9.18 Å². The van der Waals surface area contributed by atoms with E-state index in [0.717, 1.165) is 35.4 Å². The Morgan fingerprint density at radius 3 is 2.62 bits per heavy atom. The minimum absolute atomic E-state index is 0.0448. The lowest BCUT2D eigenvalue weighted by molar-refractivity contribution is 0.0729. The lowest BCUT2D eigenvalue weighted by Gasteiger charge is -2.26. The molecule has 1 fully saturated rings. The summed E-state index contributed by atoms with van der Waals surface area (Å²) in [6.07, 6.45) is 1.78. The van der Waals surface area contributed by atoms with Gasteiger partial charge < -0.3 is 9.64 Å². The van der Waals surface area contributed by atoms with Crippen molar-refractivity contribution in [3.05, 3.63) is 83.4 Å². The molecule has 2 aromatic carbocycles. The fourth-order valence-corrected chi connectivity index (χ4v) is 3.97. The first kappa shape index (κ1) is 19.1. The Bertz CT molecular complexity index is 1030. The van der Waals surface area contributed by atoms with E-state index < -0.39 is 0 Å². The fraction of sp³-hybridized carbons (Fsp3) is 0.250. The molecule has 1 atom stereocenters. The smallest absolute Gasteiger partial charge is 0.258 e. The lowest BCUT2D eigenvalue weighted by Crippen LogP contribution is -2.31. The molecule has 0 spiro atoms. The van der Waals surface area contributed by atoms with Crippen LogP contribution in [0.4, 0.5) is 4.39 Å². The van der Waals surface area contributed by atoms with Gasteiger partial charge in [0, 0.05) is 12.2 Å². The largest absolute Gasteiger partial charge is 0.496 e. The van der Waals surface area contributed by atoms with Gasteiger partial charge in [-0.1, -0.05) is 24.3 Å². The second-order valence-electron chi connectivity index (χ2n) is 7.29. The third kappa shape index (κ3) is 3.86. The molecule has 1 saturated heterocycles. The van der Waals surface area contributed by atoms with E-state index in [1.165, 1.54) is 12.1 Å². The van der Waals surface area contributed by atoms with Gasteiger partial charge in [-0.25, -0.2) is 4.39 Å². The summed E-state index contributed by atoms with van der Waals surface area (Å²) in [5, 5.41) is 0. The highest BCUT2D eigenvalue weighted by Gasteiger charge is 2.33. The molecule has 0 aliphatic carbocycles. The minimum atomic E-state index is -0.260. The topological polar surface area (TPSA) is 42.4 Å². The number of pyridine rings is 1. The van der Waals surface area contributed by atoms with E-state index in [1.807, 2.05) is 36.1 Å². The van der Waals surface area contributed by atoms with E-state index in [-0.39, 0.29) is 17.8 Å². The molecular weight excluding hydrogens is 367 g/mol. The Morgan fingerprint density at radius 2 is 1.86 bits per heavy atom. The predicted octanol–water partition coefficient (Wildman–Crippen LogP) is 5.18. The summed E-state index contributed by atoms with van der Waals surface area (Å²) in [5.74, 6) is 0.271. The second-order valence-corrected chi connectivity index (χ2v) is 7.29. The molecule has 4 rings (SSSR count).